The molecular weight excluding hydrogens is 356 g/mol. The van der Waals surface area contributed by atoms with Crippen molar-refractivity contribution in [2.75, 3.05) is 62.3 Å². The standard InChI is InChI=1S/C18H27ClN4O3/c1-18(2,3)26-17(24)23-6-4-21(5-7-23)14-12-15(19)20-16(13-14)22-8-10-25-11-9-22/h12-13H,4-11H2,1-3H3. The van der Waals surface area contributed by atoms with Crippen molar-refractivity contribution in [2.24, 2.45) is 0 Å². The number of carbonyl (C=O) groups is 1. The molecule has 2 fully saturated rings. The van der Waals surface area contributed by atoms with Crippen molar-refractivity contribution in [1.82, 2.24) is 9.88 Å². The van der Waals surface area contributed by atoms with E-state index in [2.05, 4.69) is 20.9 Å². The zero-order valence-electron chi connectivity index (χ0n) is 15.7. The highest BCUT2D eigenvalue weighted by Crippen LogP contribution is 2.26. The normalized spacial score (nSPS) is 18.8. The van der Waals surface area contributed by atoms with E-state index < -0.39 is 5.60 Å². The molecule has 0 spiro atoms. The molecule has 144 valence electrons. The van der Waals surface area contributed by atoms with Crippen LogP contribution in [0.5, 0.6) is 0 Å². The molecule has 3 rings (SSSR count). The van der Waals surface area contributed by atoms with Gasteiger partial charge in [-0.25, -0.2) is 9.78 Å². The van der Waals surface area contributed by atoms with Gasteiger partial charge in [-0.2, -0.15) is 0 Å². The summed E-state index contributed by atoms with van der Waals surface area (Å²) in [6.45, 7) is 11.4. The Labute approximate surface area is 159 Å². The number of hydrogen-bond acceptors (Lipinski definition) is 6. The molecular formula is C18H27ClN4O3. The molecule has 0 saturated carbocycles. The van der Waals surface area contributed by atoms with Crippen LogP contribution in [0.15, 0.2) is 12.1 Å². The van der Waals surface area contributed by atoms with E-state index in [-0.39, 0.29) is 6.09 Å². The summed E-state index contributed by atoms with van der Waals surface area (Å²) in [5.74, 6) is 0.880. The average Bonchev–Trinajstić information content (AvgIpc) is 2.61. The van der Waals surface area contributed by atoms with Gasteiger partial charge in [-0.3, -0.25) is 0 Å². The van der Waals surface area contributed by atoms with Crippen molar-refractivity contribution < 1.29 is 14.3 Å². The first kappa shape index (κ1) is 19.0. The highest BCUT2D eigenvalue weighted by atomic mass is 35.5. The zero-order valence-corrected chi connectivity index (χ0v) is 16.5. The van der Waals surface area contributed by atoms with Gasteiger partial charge >= 0.3 is 6.09 Å². The van der Waals surface area contributed by atoms with E-state index in [1.165, 1.54) is 0 Å². The van der Waals surface area contributed by atoms with Crippen LogP contribution in [0.4, 0.5) is 16.3 Å². The third kappa shape index (κ3) is 4.92. The number of piperazine rings is 1. The summed E-state index contributed by atoms with van der Waals surface area (Å²) in [4.78, 5) is 22.8. The van der Waals surface area contributed by atoms with Crippen molar-refractivity contribution in [3.8, 4) is 0 Å². The first-order chi connectivity index (χ1) is 12.3. The highest BCUT2D eigenvalue weighted by molar-refractivity contribution is 6.29. The lowest BCUT2D eigenvalue weighted by atomic mass is 10.2. The molecule has 2 saturated heterocycles. The number of morpholine rings is 1. The maximum absolute atomic E-state index is 12.2. The van der Waals surface area contributed by atoms with Crippen LogP contribution in [0.3, 0.4) is 0 Å². The van der Waals surface area contributed by atoms with Crippen molar-refractivity contribution >= 4 is 29.2 Å². The van der Waals surface area contributed by atoms with E-state index in [9.17, 15) is 4.79 Å². The Morgan fingerprint density at radius 3 is 2.35 bits per heavy atom. The van der Waals surface area contributed by atoms with Gasteiger partial charge in [-0.1, -0.05) is 11.6 Å². The van der Waals surface area contributed by atoms with E-state index in [0.717, 1.165) is 37.7 Å². The first-order valence-corrected chi connectivity index (χ1v) is 9.43. The molecule has 0 aliphatic carbocycles. The molecule has 26 heavy (non-hydrogen) atoms. The number of rotatable bonds is 2. The van der Waals surface area contributed by atoms with Gasteiger partial charge in [-0.15, -0.1) is 0 Å². The number of carbonyl (C=O) groups excluding carboxylic acids is 1. The molecule has 1 aromatic heterocycles. The Kier molecular flexibility index (Phi) is 5.77. The average molecular weight is 383 g/mol. The summed E-state index contributed by atoms with van der Waals surface area (Å²) in [5.41, 5.74) is 0.565. The van der Waals surface area contributed by atoms with E-state index in [1.54, 1.807) is 4.90 Å². The van der Waals surface area contributed by atoms with Crippen LogP contribution in [0.2, 0.25) is 5.15 Å². The smallest absolute Gasteiger partial charge is 0.410 e. The van der Waals surface area contributed by atoms with Gasteiger partial charge < -0.3 is 24.2 Å². The number of pyridine rings is 1. The maximum atomic E-state index is 12.2. The van der Waals surface area contributed by atoms with Crippen molar-refractivity contribution in [3.05, 3.63) is 17.3 Å². The van der Waals surface area contributed by atoms with Gasteiger partial charge in [-0.05, 0) is 26.8 Å². The van der Waals surface area contributed by atoms with Crippen LogP contribution in [0.25, 0.3) is 0 Å². The molecule has 0 aromatic carbocycles. The van der Waals surface area contributed by atoms with Crippen LogP contribution in [-0.2, 0) is 9.47 Å². The Hall–Kier alpha value is -1.73. The van der Waals surface area contributed by atoms with Gasteiger partial charge in [0.25, 0.3) is 0 Å². The molecule has 0 bridgehead atoms. The summed E-state index contributed by atoms with van der Waals surface area (Å²) < 4.78 is 10.9. The zero-order chi connectivity index (χ0) is 18.7. The predicted octanol–water partition coefficient (Wildman–Crippen LogP) is 2.63. The number of aromatic nitrogens is 1. The topological polar surface area (TPSA) is 58.1 Å². The summed E-state index contributed by atoms with van der Waals surface area (Å²) in [5, 5.41) is 0.485. The second-order valence-electron chi connectivity index (χ2n) is 7.56. The second kappa shape index (κ2) is 7.88. The lowest BCUT2D eigenvalue weighted by molar-refractivity contribution is 0.0240. The number of anilines is 2. The molecule has 3 heterocycles. The van der Waals surface area contributed by atoms with Crippen molar-refractivity contribution in [3.63, 3.8) is 0 Å². The number of hydrogen-bond donors (Lipinski definition) is 0. The third-order valence-corrected chi connectivity index (χ3v) is 4.59. The maximum Gasteiger partial charge on any atom is 0.410 e. The summed E-state index contributed by atoms with van der Waals surface area (Å²) in [7, 11) is 0. The molecule has 0 unspecified atom stereocenters. The lowest BCUT2D eigenvalue weighted by Crippen LogP contribution is -2.50. The molecule has 0 N–H and O–H groups in total. The van der Waals surface area contributed by atoms with Gasteiger partial charge in [0, 0.05) is 51.0 Å². The molecule has 2 aliphatic heterocycles. The Bertz CT molecular complexity index is 636. The van der Waals surface area contributed by atoms with Crippen LogP contribution < -0.4 is 9.80 Å². The molecule has 1 aromatic rings. The van der Waals surface area contributed by atoms with Crippen molar-refractivity contribution in [2.45, 2.75) is 26.4 Å². The quantitative estimate of drug-likeness (QED) is 0.733. The number of amides is 1. The third-order valence-electron chi connectivity index (χ3n) is 4.40. The Balaban J connectivity index is 1.64. The number of ether oxygens (including phenoxy) is 2. The van der Waals surface area contributed by atoms with E-state index in [4.69, 9.17) is 21.1 Å². The monoisotopic (exact) mass is 382 g/mol. The fourth-order valence-electron chi connectivity index (χ4n) is 3.08. The highest BCUT2D eigenvalue weighted by Gasteiger charge is 2.26. The lowest BCUT2D eigenvalue weighted by Gasteiger charge is -2.37. The molecule has 7 nitrogen and oxygen atoms in total. The molecule has 0 radical (unpaired) electrons. The van der Waals surface area contributed by atoms with Crippen molar-refractivity contribution in [1.29, 1.82) is 0 Å². The molecule has 1 amide bonds. The van der Waals surface area contributed by atoms with Gasteiger partial charge in [0.05, 0.1) is 13.2 Å². The minimum atomic E-state index is -0.472. The fraction of sp³-hybridized carbons (Fsp3) is 0.667. The fourth-order valence-corrected chi connectivity index (χ4v) is 3.28. The van der Waals surface area contributed by atoms with Crippen LogP contribution in [0.1, 0.15) is 20.8 Å². The summed E-state index contributed by atoms with van der Waals surface area (Å²) >= 11 is 6.26. The SMILES string of the molecule is CC(C)(C)OC(=O)N1CCN(c2cc(Cl)nc(N3CCOCC3)c2)CC1. The van der Waals surface area contributed by atoms with E-state index in [1.807, 2.05) is 26.8 Å². The minimum absolute atomic E-state index is 0.251. The van der Waals surface area contributed by atoms with Gasteiger partial charge in [0.15, 0.2) is 0 Å². The Morgan fingerprint density at radius 1 is 1.08 bits per heavy atom. The molecule has 2 aliphatic rings. The van der Waals surface area contributed by atoms with E-state index in [0.29, 0.717) is 31.5 Å². The second-order valence-corrected chi connectivity index (χ2v) is 7.95. The molecule has 8 heteroatoms. The summed E-state index contributed by atoms with van der Waals surface area (Å²) in [6.07, 6.45) is -0.251. The summed E-state index contributed by atoms with van der Waals surface area (Å²) in [6, 6.07) is 3.95. The van der Waals surface area contributed by atoms with Gasteiger partial charge in [0.1, 0.15) is 16.6 Å². The largest absolute Gasteiger partial charge is 0.444 e. The van der Waals surface area contributed by atoms with Crippen LogP contribution in [-0.4, -0.2) is 74.1 Å². The minimum Gasteiger partial charge on any atom is -0.444 e. The number of halogens is 1. The van der Waals surface area contributed by atoms with Crippen LogP contribution >= 0.6 is 11.6 Å². The van der Waals surface area contributed by atoms with Crippen LogP contribution in [0, 0.1) is 0 Å². The Morgan fingerprint density at radius 2 is 1.73 bits per heavy atom. The first-order valence-electron chi connectivity index (χ1n) is 9.05. The molecule has 0 atom stereocenters. The number of nitrogens with zero attached hydrogens (tertiary/aromatic N) is 4. The predicted molar refractivity (Wildman–Crippen MR) is 102 cm³/mol. The van der Waals surface area contributed by atoms with E-state index >= 15 is 0 Å². The van der Waals surface area contributed by atoms with Gasteiger partial charge in [0.2, 0.25) is 0 Å².